The average molecular weight is 330 g/mol. The third kappa shape index (κ3) is 2.87. The quantitative estimate of drug-likeness (QED) is 0.841. The Bertz CT molecular complexity index is 726. The maximum atomic E-state index is 6.04. The molecule has 2 aromatic carbocycles. The highest BCUT2D eigenvalue weighted by Gasteiger charge is 2.26. The SMILES string of the molecule is COc1ccc([C@@H]2OCCc3cc(OC)c(OC)cc32)cc1OC. The van der Waals surface area contributed by atoms with Crippen LogP contribution in [-0.4, -0.2) is 35.0 Å². The molecule has 1 atom stereocenters. The zero-order valence-electron chi connectivity index (χ0n) is 14.4. The topological polar surface area (TPSA) is 46.2 Å². The summed E-state index contributed by atoms with van der Waals surface area (Å²) < 4.78 is 27.6. The molecule has 0 unspecified atom stereocenters. The maximum Gasteiger partial charge on any atom is 0.161 e. The number of methoxy groups -OCH3 is 4. The number of ether oxygens (including phenoxy) is 5. The molecule has 0 aliphatic carbocycles. The second-order valence-corrected chi connectivity index (χ2v) is 5.52. The molecule has 0 aromatic heterocycles. The fourth-order valence-corrected chi connectivity index (χ4v) is 3.07. The van der Waals surface area contributed by atoms with Crippen LogP contribution in [0.25, 0.3) is 0 Å². The van der Waals surface area contributed by atoms with E-state index in [-0.39, 0.29) is 6.10 Å². The van der Waals surface area contributed by atoms with Gasteiger partial charge >= 0.3 is 0 Å². The van der Waals surface area contributed by atoms with E-state index < -0.39 is 0 Å². The fourth-order valence-electron chi connectivity index (χ4n) is 3.07. The molecule has 5 heteroatoms. The van der Waals surface area contributed by atoms with Crippen LogP contribution in [0.3, 0.4) is 0 Å². The molecule has 0 fully saturated rings. The van der Waals surface area contributed by atoms with E-state index in [0.717, 1.165) is 23.3 Å². The highest BCUT2D eigenvalue weighted by atomic mass is 16.5. The predicted octanol–water partition coefficient (Wildman–Crippen LogP) is 3.38. The molecule has 3 rings (SSSR count). The van der Waals surface area contributed by atoms with Crippen molar-refractivity contribution in [3.05, 3.63) is 47.0 Å². The highest BCUT2D eigenvalue weighted by molar-refractivity contribution is 5.52. The fraction of sp³-hybridized carbons (Fsp3) is 0.368. The summed E-state index contributed by atoms with van der Waals surface area (Å²) in [5.74, 6) is 2.83. The normalized spacial score (nSPS) is 16.2. The first-order valence-corrected chi connectivity index (χ1v) is 7.80. The predicted molar refractivity (Wildman–Crippen MR) is 90.6 cm³/mol. The number of hydrogen-bond donors (Lipinski definition) is 0. The number of benzene rings is 2. The standard InChI is InChI=1S/C19H22O5/c1-20-15-6-5-13(10-16(15)21-2)19-14-11-18(23-4)17(22-3)9-12(14)7-8-24-19/h5-6,9-11,19H,7-8H2,1-4H3/t19-/m0/s1. The monoisotopic (exact) mass is 330 g/mol. The molecule has 2 aromatic rings. The summed E-state index contributed by atoms with van der Waals surface area (Å²) in [4.78, 5) is 0. The number of rotatable bonds is 5. The Balaban J connectivity index is 2.06. The molecule has 5 nitrogen and oxygen atoms in total. The lowest BCUT2D eigenvalue weighted by molar-refractivity contribution is 0.0693. The summed E-state index contributed by atoms with van der Waals surface area (Å²) >= 11 is 0. The average Bonchev–Trinajstić information content (AvgIpc) is 2.65. The van der Waals surface area contributed by atoms with Crippen molar-refractivity contribution in [1.82, 2.24) is 0 Å². The van der Waals surface area contributed by atoms with E-state index in [1.807, 2.05) is 30.3 Å². The highest BCUT2D eigenvalue weighted by Crippen LogP contribution is 2.41. The van der Waals surface area contributed by atoms with E-state index in [1.54, 1.807) is 28.4 Å². The minimum Gasteiger partial charge on any atom is -0.493 e. The van der Waals surface area contributed by atoms with Crippen LogP contribution in [0, 0.1) is 0 Å². The summed E-state index contributed by atoms with van der Waals surface area (Å²) in [6, 6.07) is 9.87. The Hall–Kier alpha value is -2.40. The molecule has 0 bridgehead atoms. The van der Waals surface area contributed by atoms with Crippen molar-refractivity contribution in [3.8, 4) is 23.0 Å². The van der Waals surface area contributed by atoms with E-state index in [4.69, 9.17) is 23.7 Å². The van der Waals surface area contributed by atoms with Crippen LogP contribution in [0.1, 0.15) is 22.8 Å². The van der Waals surface area contributed by atoms with Crippen LogP contribution in [0.4, 0.5) is 0 Å². The van der Waals surface area contributed by atoms with Gasteiger partial charge in [0.25, 0.3) is 0 Å². The number of fused-ring (bicyclic) bond motifs is 1. The summed E-state index contributed by atoms with van der Waals surface area (Å²) in [5, 5.41) is 0. The van der Waals surface area contributed by atoms with Crippen molar-refractivity contribution >= 4 is 0 Å². The molecular weight excluding hydrogens is 308 g/mol. The van der Waals surface area contributed by atoms with Gasteiger partial charge in [-0.05, 0) is 47.4 Å². The second-order valence-electron chi connectivity index (χ2n) is 5.52. The van der Waals surface area contributed by atoms with Crippen LogP contribution in [-0.2, 0) is 11.2 Å². The zero-order chi connectivity index (χ0) is 17.1. The van der Waals surface area contributed by atoms with Gasteiger partial charge in [-0.1, -0.05) is 6.07 Å². The Kier molecular flexibility index (Phi) is 4.81. The van der Waals surface area contributed by atoms with Gasteiger partial charge in [-0.25, -0.2) is 0 Å². The first-order chi connectivity index (χ1) is 11.7. The minimum absolute atomic E-state index is 0.173. The molecule has 1 aliphatic rings. The van der Waals surface area contributed by atoms with Gasteiger partial charge in [0.15, 0.2) is 23.0 Å². The van der Waals surface area contributed by atoms with Gasteiger partial charge in [0.1, 0.15) is 6.10 Å². The molecule has 128 valence electrons. The Labute approximate surface area is 142 Å². The Morgan fingerprint density at radius 1 is 0.792 bits per heavy atom. The molecular formula is C19H22O5. The molecule has 0 amide bonds. The van der Waals surface area contributed by atoms with Gasteiger partial charge < -0.3 is 23.7 Å². The molecule has 0 radical (unpaired) electrons. The van der Waals surface area contributed by atoms with Crippen molar-refractivity contribution < 1.29 is 23.7 Å². The third-order valence-corrected chi connectivity index (χ3v) is 4.29. The lowest BCUT2D eigenvalue weighted by Gasteiger charge is -2.28. The van der Waals surface area contributed by atoms with Gasteiger partial charge in [0, 0.05) is 0 Å². The van der Waals surface area contributed by atoms with Crippen LogP contribution >= 0.6 is 0 Å². The van der Waals surface area contributed by atoms with E-state index in [9.17, 15) is 0 Å². The van der Waals surface area contributed by atoms with Gasteiger partial charge in [0.2, 0.25) is 0 Å². The number of hydrogen-bond acceptors (Lipinski definition) is 5. The summed E-state index contributed by atoms with van der Waals surface area (Å²) in [5.41, 5.74) is 3.31. The molecule has 0 spiro atoms. The van der Waals surface area contributed by atoms with Gasteiger partial charge in [0.05, 0.1) is 35.0 Å². The van der Waals surface area contributed by atoms with Crippen molar-refractivity contribution in [3.63, 3.8) is 0 Å². The van der Waals surface area contributed by atoms with E-state index in [1.165, 1.54) is 5.56 Å². The Morgan fingerprint density at radius 2 is 1.42 bits per heavy atom. The van der Waals surface area contributed by atoms with E-state index in [2.05, 4.69) is 0 Å². The largest absolute Gasteiger partial charge is 0.493 e. The molecule has 0 saturated heterocycles. The van der Waals surface area contributed by atoms with E-state index >= 15 is 0 Å². The third-order valence-electron chi connectivity index (χ3n) is 4.29. The van der Waals surface area contributed by atoms with Crippen LogP contribution in [0.15, 0.2) is 30.3 Å². The molecule has 24 heavy (non-hydrogen) atoms. The summed E-state index contributed by atoms with van der Waals surface area (Å²) in [6.07, 6.45) is 0.674. The first-order valence-electron chi connectivity index (χ1n) is 7.80. The van der Waals surface area contributed by atoms with Crippen LogP contribution < -0.4 is 18.9 Å². The van der Waals surface area contributed by atoms with Crippen molar-refractivity contribution in [1.29, 1.82) is 0 Å². The lowest BCUT2D eigenvalue weighted by atomic mass is 9.92. The van der Waals surface area contributed by atoms with Crippen LogP contribution in [0.2, 0.25) is 0 Å². The van der Waals surface area contributed by atoms with Crippen molar-refractivity contribution in [2.75, 3.05) is 35.0 Å². The smallest absolute Gasteiger partial charge is 0.161 e. The maximum absolute atomic E-state index is 6.04. The van der Waals surface area contributed by atoms with E-state index in [0.29, 0.717) is 23.9 Å². The molecule has 0 N–H and O–H groups in total. The lowest BCUT2D eigenvalue weighted by Crippen LogP contribution is -2.18. The molecule has 1 aliphatic heterocycles. The van der Waals surface area contributed by atoms with Crippen molar-refractivity contribution in [2.24, 2.45) is 0 Å². The summed E-state index contributed by atoms with van der Waals surface area (Å²) in [6.45, 7) is 0.654. The van der Waals surface area contributed by atoms with Gasteiger partial charge in [-0.3, -0.25) is 0 Å². The molecule has 0 saturated carbocycles. The van der Waals surface area contributed by atoms with Crippen molar-refractivity contribution in [2.45, 2.75) is 12.5 Å². The minimum atomic E-state index is -0.173. The Morgan fingerprint density at radius 3 is 2.08 bits per heavy atom. The molecule has 1 heterocycles. The van der Waals surface area contributed by atoms with Gasteiger partial charge in [-0.2, -0.15) is 0 Å². The van der Waals surface area contributed by atoms with Gasteiger partial charge in [-0.15, -0.1) is 0 Å². The van der Waals surface area contributed by atoms with Crippen LogP contribution in [0.5, 0.6) is 23.0 Å². The second kappa shape index (κ2) is 7.01. The zero-order valence-corrected chi connectivity index (χ0v) is 14.4. The first kappa shape index (κ1) is 16.5. The summed E-state index contributed by atoms with van der Waals surface area (Å²) in [7, 11) is 6.54.